The number of alkyl halides is 3. The van der Waals surface area contributed by atoms with Crippen LogP contribution >= 0.6 is 15.9 Å². The Morgan fingerprint density at radius 2 is 1.57 bits per heavy atom. The predicted octanol–water partition coefficient (Wildman–Crippen LogP) is 5.55. The number of hydrogen-bond donors (Lipinski definition) is 2. The van der Waals surface area contributed by atoms with Gasteiger partial charge in [-0.2, -0.15) is 13.2 Å². The number of imidazole rings is 1. The van der Waals surface area contributed by atoms with Crippen molar-refractivity contribution in [3.63, 3.8) is 0 Å². The van der Waals surface area contributed by atoms with E-state index in [0.717, 1.165) is 43.0 Å². The highest BCUT2D eigenvalue weighted by Gasteiger charge is 2.37. The van der Waals surface area contributed by atoms with Gasteiger partial charge in [0.2, 0.25) is 0 Å². The van der Waals surface area contributed by atoms with Crippen LogP contribution in [0.25, 0.3) is 11.0 Å². The molecule has 3 saturated heterocycles. The summed E-state index contributed by atoms with van der Waals surface area (Å²) in [5, 5.41) is 0. The summed E-state index contributed by atoms with van der Waals surface area (Å²) in [7, 11) is 0. The van der Waals surface area contributed by atoms with Gasteiger partial charge in [-0.15, -0.1) is 0 Å². The van der Waals surface area contributed by atoms with Gasteiger partial charge >= 0.3 is 18.0 Å². The van der Waals surface area contributed by atoms with Crippen molar-refractivity contribution in [1.82, 2.24) is 24.3 Å². The number of aromatic nitrogens is 2. The Kier molecular flexibility index (Phi) is 9.88. The lowest BCUT2D eigenvalue weighted by Gasteiger charge is -2.41. The number of nitrogens with zero attached hydrogens (tertiary/aromatic N) is 4. The molecule has 0 saturated carbocycles. The number of piperidine rings is 3. The molecule has 0 spiro atoms. The summed E-state index contributed by atoms with van der Waals surface area (Å²) in [6, 6.07) is 10.0. The Labute approximate surface area is 279 Å². The van der Waals surface area contributed by atoms with Crippen molar-refractivity contribution in [3.8, 4) is 0 Å². The molecule has 3 aliphatic heterocycles. The highest BCUT2D eigenvalue weighted by atomic mass is 79.9. The molecular formula is C33H40BrF3N6O4. The molecule has 254 valence electrons. The Bertz CT molecular complexity index is 1650. The van der Waals surface area contributed by atoms with E-state index < -0.39 is 35.5 Å². The minimum Gasteiger partial charge on any atom is -0.436 e. The lowest BCUT2D eigenvalue weighted by atomic mass is 9.98. The number of fused-ring (bicyclic) bond motifs is 1. The van der Waals surface area contributed by atoms with Gasteiger partial charge in [-0.3, -0.25) is 9.36 Å². The lowest BCUT2D eigenvalue weighted by molar-refractivity contribution is -0.142. The molecule has 0 radical (unpaired) electrons. The number of aromatic amines is 1. The molecule has 3 fully saturated rings. The van der Waals surface area contributed by atoms with Gasteiger partial charge in [0.25, 0.3) is 5.91 Å². The maximum absolute atomic E-state index is 13.9. The van der Waals surface area contributed by atoms with Crippen molar-refractivity contribution in [2.45, 2.75) is 75.7 Å². The molecule has 4 heterocycles. The number of para-hydroxylation sites is 2. The first kappa shape index (κ1) is 33.4. The van der Waals surface area contributed by atoms with E-state index in [0.29, 0.717) is 45.1 Å². The third-order valence-electron chi connectivity index (χ3n) is 9.83. The third-order valence-corrected chi connectivity index (χ3v) is 10.5. The molecular weight excluding hydrogens is 681 g/mol. The van der Waals surface area contributed by atoms with Crippen molar-refractivity contribution >= 4 is 44.7 Å². The number of nitrogens with two attached hydrogens (primary N) is 1. The van der Waals surface area contributed by atoms with E-state index in [4.69, 9.17) is 10.5 Å². The first-order valence-corrected chi connectivity index (χ1v) is 17.1. The number of amides is 2. The average molecular weight is 722 g/mol. The zero-order chi connectivity index (χ0) is 33.3. The summed E-state index contributed by atoms with van der Waals surface area (Å²) >= 11 is 3.13. The molecule has 0 bridgehead atoms. The summed E-state index contributed by atoms with van der Waals surface area (Å²) in [5.74, 6) is -0.419. The highest BCUT2D eigenvalue weighted by molar-refractivity contribution is 9.10. The van der Waals surface area contributed by atoms with Gasteiger partial charge in [0.1, 0.15) is 0 Å². The minimum absolute atomic E-state index is 0.0526. The van der Waals surface area contributed by atoms with E-state index in [-0.39, 0.29) is 28.2 Å². The Morgan fingerprint density at radius 1 is 0.936 bits per heavy atom. The molecule has 0 unspecified atom stereocenters. The van der Waals surface area contributed by atoms with Crippen LogP contribution in [0.3, 0.4) is 0 Å². The number of benzene rings is 2. The number of carbonyl (C=O) groups excluding carboxylic acids is 2. The van der Waals surface area contributed by atoms with Crippen LogP contribution in [-0.4, -0.2) is 87.7 Å². The number of likely N-dealkylation sites (tertiary alicyclic amines) is 3. The number of anilines is 1. The maximum Gasteiger partial charge on any atom is 0.418 e. The molecule has 3 aromatic rings. The number of hydrogen-bond acceptors (Lipinski definition) is 6. The second-order valence-electron chi connectivity index (χ2n) is 12.8. The monoisotopic (exact) mass is 720 g/mol. The molecule has 3 N–H and O–H groups in total. The number of nitrogen functional groups attached to an aromatic ring is 1. The zero-order valence-corrected chi connectivity index (χ0v) is 27.7. The number of halogens is 4. The van der Waals surface area contributed by atoms with E-state index in [1.165, 1.54) is 30.2 Å². The van der Waals surface area contributed by atoms with Gasteiger partial charge in [0, 0.05) is 49.2 Å². The van der Waals surface area contributed by atoms with Gasteiger partial charge < -0.3 is 30.2 Å². The van der Waals surface area contributed by atoms with E-state index in [1.54, 1.807) is 9.47 Å². The Morgan fingerprint density at radius 3 is 2.26 bits per heavy atom. The lowest BCUT2D eigenvalue weighted by Crippen LogP contribution is -2.52. The highest BCUT2D eigenvalue weighted by Crippen LogP contribution is 2.38. The molecule has 10 nitrogen and oxygen atoms in total. The SMILES string of the molecule is Nc1c(Br)cc(C[C@@H](OC(=O)N2CCC(n3c(=O)[nH]c4ccccc43)CC2)C(=O)N2CCC(N3CCCCC3)CC2)cc1C(F)(F)F. The second-order valence-corrected chi connectivity index (χ2v) is 13.7. The summed E-state index contributed by atoms with van der Waals surface area (Å²) in [6.45, 7) is 3.67. The average Bonchev–Trinajstić information content (AvgIpc) is 3.41. The topological polar surface area (TPSA) is 117 Å². The fourth-order valence-electron chi connectivity index (χ4n) is 7.30. The van der Waals surface area contributed by atoms with Crippen molar-refractivity contribution < 1.29 is 27.5 Å². The summed E-state index contributed by atoms with van der Waals surface area (Å²) in [4.78, 5) is 48.7. The Hall–Kier alpha value is -3.52. The van der Waals surface area contributed by atoms with Gasteiger partial charge in [-0.05, 0) is 97.4 Å². The third kappa shape index (κ3) is 7.33. The van der Waals surface area contributed by atoms with Gasteiger partial charge in [0.15, 0.2) is 6.10 Å². The van der Waals surface area contributed by atoms with Crippen LogP contribution in [0, 0.1) is 0 Å². The molecule has 0 aliphatic carbocycles. The van der Waals surface area contributed by atoms with Crippen LogP contribution in [0.5, 0.6) is 0 Å². The molecule has 6 rings (SSSR count). The number of nitrogens with one attached hydrogen (secondary N) is 1. The van der Waals surface area contributed by atoms with E-state index >= 15 is 0 Å². The summed E-state index contributed by atoms with van der Waals surface area (Å²) in [6.07, 6.45) is -0.811. The van der Waals surface area contributed by atoms with E-state index in [9.17, 15) is 27.6 Å². The normalized spacial score (nSPS) is 19.7. The molecule has 1 aromatic heterocycles. The molecule has 14 heteroatoms. The van der Waals surface area contributed by atoms with E-state index in [1.807, 2.05) is 24.3 Å². The molecule has 2 amide bonds. The minimum atomic E-state index is -4.70. The Balaban J connectivity index is 1.16. The predicted molar refractivity (Wildman–Crippen MR) is 175 cm³/mol. The van der Waals surface area contributed by atoms with Crippen molar-refractivity contribution in [1.29, 1.82) is 0 Å². The standard InChI is InChI=1S/C33H40BrF3N6O4/c34-25-19-21(18-24(29(25)38)33(35,36)37)20-28(30(44)41-14-8-22(9-15-41)40-12-4-1-5-13-40)47-32(46)42-16-10-23(11-17-42)43-27-7-3-2-6-26(27)39-31(43)45/h2-3,6-7,18-19,22-23,28H,1,4-5,8-17,20,38H2,(H,39,45)/t28-/m1/s1. The molecule has 1 atom stereocenters. The molecule has 3 aliphatic rings. The van der Waals surface area contributed by atoms with Crippen LogP contribution in [0.2, 0.25) is 0 Å². The first-order valence-electron chi connectivity index (χ1n) is 16.3. The number of rotatable bonds is 6. The van der Waals surface area contributed by atoms with Crippen LogP contribution in [-0.2, 0) is 22.1 Å². The quantitative estimate of drug-likeness (QED) is 0.323. The van der Waals surface area contributed by atoms with Crippen LogP contribution in [0.1, 0.15) is 62.1 Å². The second kappa shape index (κ2) is 13.9. The summed E-state index contributed by atoms with van der Waals surface area (Å²) < 4.78 is 49.0. The van der Waals surface area contributed by atoms with E-state index in [2.05, 4.69) is 25.8 Å². The van der Waals surface area contributed by atoms with Crippen LogP contribution in [0.15, 0.2) is 45.7 Å². The van der Waals surface area contributed by atoms with Gasteiger partial charge in [0.05, 0.1) is 22.3 Å². The van der Waals surface area contributed by atoms with Crippen molar-refractivity contribution in [3.05, 3.63) is 62.5 Å². The smallest absolute Gasteiger partial charge is 0.418 e. The van der Waals surface area contributed by atoms with Crippen LogP contribution in [0.4, 0.5) is 23.7 Å². The van der Waals surface area contributed by atoms with Crippen molar-refractivity contribution in [2.24, 2.45) is 0 Å². The number of ether oxygens (including phenoxy) is 1. The van der Waals surface area contributed by atoms with Crippen LogP contribution < -0.4 is 11.4 Å². The fourth-order valence-corrected chi connectivity index (χ4v) is 7.81. The van der Waals surface area contributed by atoms with Gasteiger partial charge in [-0.25, -0.2) is 9.59 Å². The van der Waals surface area contributed by atoms with Crippen molar-refractivity contribution in [2.75, 3.05) is 45.0 Å². The maximum atomic E-state index is 13.9. The number of carbonyl (C=O) groups is 2. The first-order chi connectivity index (χ1) is 22.5. The molecule has 2 aromatic carbocycles. The summed E-state index contributed by atoms with van der Waals surface area (Å²) in [5.41, 5.74) is 5.75. The van der Waals surface area contributed by atoms with Gasteiger partial charge in [-0.1, -0.05) is 18.6 Å². The molecule has 47 heavy (non-hydrogen) atoms. The fraction of sp³-hybridized carbons (Fsp3) is 0.545. The number of H-pyrrole nitrogens is 1. The largest absolute Gasteiger partial charge is 0.436 e. The zero-order valence-electron chi connectivity index (χ0n) is 26.1.